The molecule has 164 valence electrons. The van der Waals surface area contributed by atoms with Gasteiger partial charge in [-0.25, -0.2) is 18.3 Å². The molecule has 1 atom stereocenters. The molecule has 0 spiro atoms. The minimum atomic E-state index is -3.94. The first-order chi connectivity index (χ1) is 14.0. The zero-order chi connectivity index (χ0) is 22.7. The number of hydrogen-bond acceptors (Lipinski definition) is 7. The number of nitrogens with zero attached hydrogens (tertiary/aromatic N) is 1. The summed E-state index contributed by atoms with van der Waals surface area (Å²) in [6.45, 7) is 0.853. The van der Waals surface area contributed by atoms with Crippen LogP contribution in [0.3, 0.4) is 0 Å². The second-order valence-electron chi connectivity index (χ2n) is 6.83. The Morgan fingerprint density at radius 3 is 2.40 bits per heavy atom. The van der Waals surface area contributed by atoms with Gasteiger partial charge in [0.25, 0.3) is 11.5 Å². The first-order valence-electron chi connectivity index (χ1n) is 8.75. The Labute approximate surface area is 172 Å². The number of methoxy groups -OCH3 is 2. The van der Waals surface area contributed by atoms with Gasteiger partial charge in [-0.05, 0) is 31.0 Å². The largest absolute Gasteiger partial charge is 0.493 e. The summed E-state index contributed by atoms with van der Waals surface area (Å²) < 4.78 is 48.1. The zero-order valence-electron chi connectivity index (χ0n) is 16.9. The predicted molar refractivity (Wildman–Crippen MR) is 107 cm³/mol. The van der Waals surface area contributed by atoms with E-state index >= 15 is 0 Å². The predicted octanol–water partition coefficient (Wildman–Crippen LogP) is 1.37. The van der Waals surface area contributed by atoms with Crippen LogP contribution in [0.2, 0.25) is 0 Å². The van der Waals surface area contributed by atoms with Crippen molar-refractivity contribution in [2.45, 2.75) is 24.6 Å². The summed E-state index contributed by atoms with van der Waals surface area (Å²) in [5.74, 6) is -1.07. The van der Waals surface area contributed by atoms with Crippen LogP contribution >= 0.6 is 0 Å². The Kier molecular flexibility index (Phi) is 6.88. The Hall–Kier alpha value is -2.92. The van der Waals surface area contributed by atoms with Gasteiger partial charge >= 0.3 is 0 Å². The fraction of sp³-hybridized carbons (Fsp3) is 0.368. The monoisotopic (exact) mass is 442 g/mol. The fourth-order valence-electron chi connectivity index (χ4n) is 2.86. The third kappa shape index (κ3) is 4.46. The number of sulfone groups is 1. The van der Waals surface area contributed by atoms with E-state index in [-0.39, 0.29) is 18.5 Å². The number of hydrogen-bond donors (Lipinski definition) is 2. The minimum absolute atomic E-state index is 0.0242. The molecule has 0 saturated heterocycles. The van der Waals surface area contributed by atoms with Gasteiger partial charge in [-0.3, -0.25) is 14.8 Å². The highest BCUT2D eigenvalue weighted by Gasteiger charge is 2.43. The highest BCUT2D eigenvalue weighted by atomic mass is 32.2. The van der Waals surface area contributed by atoms with Crippen molar-refractivity contribution in [2.24, 2.45) is 0 Å². The lowest BCUT2D eigenvalue weighted by Gasteiger charge is -2.25. The van der Waals surface area contributed by atoms with Gasteiger partial charge in [-0.1, -0.05) is 6.07 Å². The Morgan fingerprint density at radius 1 is 1.23 bits per heavy atom. The lowest BCUT2D eigenvalue weighted by molar-refractivity contribution is -0.131. The molecule has 2 aromatic rings. The van der Waals surface area contributed by atoms with Crippen molar-refractivity contribution in [3.63, 3.8) is 0 Å². The van der Waals surface area contributed by atoms with E-state index in [0.717, 1.165) is 30.0 Å². The van der Waals surface area contributed by atoms with Gasteiger partial charge in [0, 0.05) is 30.6 Å². The number of carbonyl (C=O) groups excluding carboxylic acids is 1. The average Bonchev–Trinajstić information content (AvgIpc) is 2.71. The molecule has 0 saturated carbocycles. The summed E-state index contributed by atoms with van der Waals surface area (Å²) in [5, 5.41) is 8.86. The van der Waals surface area contributed by atoms with Crippen LogP contribution < -0.4 is 20.5 Å². The number of rotatable bonds is 8. The van der Waals surface area contributed by atoms with Crippen molar-refractivity contribution in [3.05, 3.63) is 46.6 Å². The van der Waals surface area contributed by atoms with E-state index in [9.17, 15) is 22.4 Å². The second kappa shape index (κ2) is 8.84. The van der Waals surface area contributed by atoms with Crippen molar-refractivity contribution in [3.8, 4) is 22.6 Å². The summed E-state index contributed by atoms with van der Waals surface area (Å²) >= 11 is 0. The third-order valence-electron chi connectivity index (χ3n) is 5.00. The van der Waals surface area contributed by atoms with Gasteiger partial charge in [0.2, 0.25) is 0 Å². The van der Waals surface area contributed by atoms with Crippen LogP contribution in [0.4, 0.5) is 4.39 Å². The second-order valence-corrected chi connectivity index (χ2v) is 9.28. The number of nitrogens with one attached hydrogen (secondary N) is 1. The third-order valence-corrected chi connectivity index (χ3v) is 7.03. The lowest BCUT2D eigenvalue weighted by Crippen LogP contribution is -2.50. The summed E-state index contributed by atoms with van der Waals surface area (Å²) in [6, 6.07) is 5.73. The molecule has 1 heterocycles. The van der Waals surface area contributed by atoms with E-state index in [1.807, 2.05) is 0 Å². The van der Waals surface area contributed by atoms with Crippen LogP contribution in [-0.4, -0.2) is 49.3 Å². The highest BCUT2D eigenvalue weighted by molar-refractivity contribution is 7.92. The van der Waals surface area contributed by atoms with E-state index in [4.69, 9.17) is 14.7 Å². The molecule has 1 unspecified atom stereocenters. The summed E-state index contributed by atoms with van der Waals surface area (Å²) in [5.41, 5.74) is 1.14. The summed E-state index contributed by atoms with van der Waals surface area (Å²) in [6.07, 6.45) is 1.42. The van der Waals surface area contributed by atoms with Crippen LogP contribution in [0, 0.1) is 5.82 Å². The number of benzene rings is 1. The maximum atomic E-state index is 14.7. The van der Waals surface area contributed by atoms with Crippen molar-refractivity contribution in [1.29, 1.82) is 0 Å². The summed E-state index contributed by atoms with van der Waals surface area (Å²) in [4.78, 5) is 24.4. The molecule has 0 radical (unpaired) electrons. The number of ether oxygens (including phenoxy) is 2. The van der Waals surface area contributed by atoms with Crippen LogP contribution in [0.25, 0.3) is 11.1 Å². The van der Waals surface area contributed by atoms with Gasteiger partial charge < -0.3 is 14.0 Å². The minimum Gasteiger partial charge on any atom is -0.493 e. The normalized spacial score (nSPS) is 13.4. The maximum Gasteiger partial charge on any atom is 0.264 e. The number of hydroxylamine groups is 1. The molecule has 9 nitrogen and oxygen atoms in total. The smallest absolute Gasteiger partial charge is 0.264 e. The van der Waals surface area contributed by atoms with Gasteiger partial charge in [0.15, 0.2) is 26.1 Å². The zero-order valence-corrected chi connectivity index (χ0v) is 17.7. The van der Waals surface area contributed by atoms with Crippen molar-refractivity contribution < 1.29 is 32.3 Å². The molecule has 1 aromatic heterocycles. The van der Waals surface area contributed by atoms with Gasteiger partial charge in [0.05, 0.1) is 14.2 Å². The van der Waals surface area contributed by atoms with E-state index in [2.05, 4.69) is 0 Å². The Bertz CT molecular complexity index is 1110. The Balaban J connectivity index is 2.40. The van der Waals surface area contributed by atoms with Crippen LogP contribution in [0.1, 0.15) is 13.3 Å². The first kappa shape index (κ1) is 23.4. The molecule has 0 aliphatic rings. The van der Waals surface area contributed by atoms with Crippen LogP contribution in [-0.2, 0) is 21.2 Å². The SMILES string of the molecule is COc1ccc(-c2cc(=O)n(CCC(C)(C(=O)NO)S(C)(=O)=O)cc2F)cc1OC. The van der Waals surface area contributed by atoms with Gasteiger partial charge in [0.1, 0.15) is 5.82 Å². The molecule has 0 aliphatic heterocycles. The number of pyridine rings is 1. The van der Waals surface area contributed by atoms with E-state index < -0.39 is 31.9 Å². The highest BCUT2D eigenvalue weighted by Crippen LogP contribution is 2.33. The average molecular weight is 442 g/mol. The number of halogens is 1. The number of aromatic nitrogens is 1. The molecular formula is C19H23FN2O7S. The molecule has 1 aromatic carbocycles. The van der Waals surface area contributed by atoms with Crippen LogP contribution in [0.15, 0.2) is 35.3 Å². The number of carbonyl (C=O) groups is 1. The molecular weight excluding hydrogens is 419 g/mol. The molecule has 0 bridgehead atoms. The molecule has 30 heavy (non-hydrogen) atoms. The van der Waals surface area contributed by atoms with Crippen molar-refractivity contribution in [1.82, 2.24) is 10.0 Å². The number of aryl methyl sites for hydroxylation is 1. The van der Waals surface area contributed by atoms with E-state index in [1.165, 1.54) is 25.8 Å². The molecule has 0 fully saturated rings. The van der Waals surface area contributed by atoms with E-state index in [0.29, 0.717) is 17.1 Å². The molecule has 2 N–H and O–H groups in total. The molecule has 2 rings (SSSR count). The lowest BCUT2D eigenvalue weighted by atomic mass is 10.0. The maximum absolute atomic E-state index is 14.7. The molecule has 11 heteroatoms. The quantitative estimate of drug-likeness (QED) is 0.467. The fourth-order valence-corrected chi connectivity index (χ4v) is 3.71. The standard InChI is InChI=1S/C19H23FN2O7S/c1-19(18(24)21-25,30(4,26)27)7-8-22-11-14(20)13(10-17(22)23)12-5-6-15(28-2)16(9-12)29-3/h5-6,9-11,25H,7-8H2,1-4H3,(H,21,24). The van der Waals surface area contributed by atoms with Crippen molar-refractivity contribution >= 4 is 15.7 Å². The summed E-state index contributed by atoms with van der Waals surface area (Å²) in [7, 11) is -1.05. The molecule has 1 amide bonds. The molecule has 0 aliphatic carbocycles. The van der Waals surface area contributed by atoms with Gasteiger partial charge in [-0.2, -0.15) is 0 Å². The van der Waals surface area contributed by atoms with Crippen molar-refractivity contribution in [2.75, 3.05) is 20.5 Å². The van der Waals surface area contributed by atoms with Gasteiger partial charge in [-0.15, -0.1) is 0 Å². The van der Waals surface area contributed by atoms with E-state index in [1.54, 1.807) is 12.1 Å². The first-order valence-corrected chi connectivity index (χ1v) is 10.6. The topological polar surface area (TPSA) is 124 Å². The number of amides is 1. The van der Waals surface area contributed by atoms with Crippen LogP contribution in [0.5, 0.6) is 11.5 Å². The Morgan fingerprint density at radius 2 is 1.87 bits per heavy atom.